The van der Waals surface area contributed by atoms with E-state index < -0.39 is 5.91 Å². The fourth-order valence-electron chi connectivity index (χ4n) is 3.47. The Morgan fingerprint density at radius 3 is 2.50 bits per heavy atom. The van der Waals surface area contributed by atoms with Crippen LogP contribution in [0.25, 0.3) is 10.2 Å². The van der Waals surface area contributed by atoms with Crippen molar-refractivity contribution < 1.29 is 14.4 Å². The molecule has 0 bridgehead atoms. The van der Waals surface area contributed by atoms with E-state index in [2.05, 4.69) is 17.1 Å². The number of nitrogens with zero attached hydrogens (tertiary/aromatic N) is 3. The summed E-state index contributed by atoms with van der Waals surface area (Å²) in [5.74, 6) is -0.890. The van der Waals surface area contributed by atoms with E-state index in [1.807, 2.05) is 25.5 Å². The number of thiazole rings is 1. The zero-order valence-corrected chi connectivity index (χ0v) is 16.7. The summed E-state index contributed by atoms with van der Waals surface area (Å²) < 4.78 is 3.01. The Bertz CT molecular complexity index is 1200. The fourth-order valence-corrected chi connectivity index (χ4v) is 4.54. The predicted molar refractivity (Wildman–Crippen MR) is 108 cm³/mol. The standard InChI is InChI=1S/C21H19N3O3S/c1-12-9-13(2)19-16(10-12)23(3)21(28-19)22-20(27)14-5-4-6-15(11-14)24-17(25)7-8-18(24)26/h4-6,9-11H,7-8H2,1-3H3. The van der Waals surface area contributed by atoms with Crippen molar-refractivity contribution in [1.82, 2.24) is 4.57 Å². The molecule has 1 aliphatic rings. The predicted octanol–water partition coefficient (Wildman–Crippen LogP) is 3.25. The van der Waals surface area contributed by atoms with Gasteiger partial charge in [0.05, 0.1) is 15.9 Å². The number of rotatable bonds is 2. The highest BCUT2D eigenvalue weighted by Crippen LogP contribution is 2.24. The molecule has 0 aliphatic carbocycles. The first kappa shape index (κ1) is 18.3. The highest BCUT2D eigenvalue weighted by molar-refractivity contribution is 7.16. The quantitative estimate of drug-likeness (QED) is 0.628. The SMILES string of the molecule is Cc1cc(C)c2sc(=NC(=O)c3cccc(N4C(=O)CCC4=O)c3)n(C)c2c1. The molecule has 142 valence electrons. The molecule has 0 unspecified atom stereocenters. The number of anilines is 1. The molecule has 0 saturated carbocycles. The number of aromatic nitrogens is 1. The minimum Gasteiger partial charge on any atom is -0.319 e. The maximum absolute atomic E-state index is 12.8. The van der Waals surface area contributed by atoms with Crippen molar-refractivity contribution in [2.24, 2.45) is 12.0 Å². The summed E-state index contributed by atoms with van der Waals surface area (Å²) in [5, 5.41) is 0. The molecule has 1 aliphatic heterocycles. The van der Waals surface area contributed by atoms with Crippen molar-refractivity contribution in [2.45, 2.75) is 26.7 Å². The largest absolute Gasteiger partial charge is 0.319 e. The van der Waals surface area contributed by atoms with Gasteiger partial charge < -0.3 is 4.57 Å². The molecule has 0 atom stereocenters. The van der Waals surface area contributed by atoms with Gasteiger partial charge in [-0.25, -0.2) is 0 Å². The molecule has 6 nitrogen and oxygen atoms in total. The van der Waals surface area contributed by atoms with Crippen LogP contribution in [0.3, 0.4) is 0 Å². The van der Waals surface area contributed by atoms with Crippen molar-refractivity contribution in [3.63, 3.8) is 0 Å². The van der Waals surface area contributed by atoms with Crippen LogP contribution in [-0.4, -0.2) is 22.3 Å². The van der Waals surface area contributed by atoms with Gasteiger partial charge in [0.25, 0.3) is 5.91 Å². The average molecular weight is 393 g/mol. The Kier molecular flexibility index (Phi) is 4.47. The number of benzene rings is 2. The highest BCUT2D eigenvalue weighted by atomic mass is 32.1. The van der Waals surface area contributed by atoms with Gasteiger partial charge >= 0.3 is 0 Å². The zero-order valence-electron chi connectivity index (χ0n) is 15.9. The van der Waals surface area contributed by atoms with Crippen LogP contribution in [0.2, 0.25) is 0 Å². The van der Waals surface area contributed by atoms with Gasteiger partial charge in [-0.2, -0.15) is 4.99 Å². The molecule has 0 radical (unpaired) electrons. The molecule has 2 heterocycles. The summed E-state index contributed by atoms with van der Waals surface area (Å²) in [6, 6.07) is 10.7. The summed E-state index contributed by atoms with van der Waals surface area (Å²) in [5.41, 5.74) is 4.11. The van der Waals surface area contributed by atoms with Gasteiger partial charge in [-0.1, -0.05) is 23.5 Å². The van der Waals surface area contributed by atoms with E-state index in [9.17, 15) is 14.4 Å². The third-order valence-corrected chi connectivity index (χ3v) is 6.12. The topological polar surface area (TPSA) is 71.7 Å². The molecule has 2 aromatic carbocycles. The summed E-state index contributed by atoms with van der Waals surface area (Å²) in [6.45, 7) is 4.09. The zero-order chi connectivity index (χ0) is 20.0. The number of carbonyl (C=O) groups is 3. The molecule has 3 aromatic rings. The Morgan fingerprint density at radius 1 is 1.07 bits per heavy atom. The van der Waals surface area contributed by atoms with Crippen LogP contribution in [0.15, 0.2) is 41.4 Å². The molecule has 3 amide bonds. The van der Waals surface area contributed by atoms with Crippen molar-refractivity contribution in [3.8, 4) is 0 Å². The summed E-state index contributed by atoms with van der Waals surface area (Å²) in [7, 11) is 1.89. The monoisotopic (exact) mass is 393 g/mol. The average Bonchev–Trinajstić information content (AvgIpc) is 3.15. The fraction of sp³-hybridized carbons (Fsp3) is 0.238. The molecular formula is C21H19N3O3S. The van der Waals surface area contributed by atoms with Crippen LogP contribution in [0, 0.1) is 13.8 Å². The summed E-state index contributed by atoms with van der Waals surface area (Å²) in [4.78, 5) is 42.7. The minimum atomic E-state index is -0.405. The van der Waals surface area contributed by atoms with Gasteiger partial charge in [0.1, 0.15) is 0 Å². The van der Waals surface area contributed by atoms with Gasteiger partial charge in [-0.3, -0.25) is 19.3 Å². The summed E-state index contributed by atoms with van der Waals surface area (Å²) in [6.07, 6.45) is 0.412. The molecule has 1 aromatic heterocycles. The molecule has 1 saturated heterocycles. The summed E-state index contributed by atoms with van der Waals surface area (Å²) >= 11 is 1.47. The van der Waals surface area contributed by atoms with Crippen LogP contribution in [0.4, 0.5) is 5.69 Å². The molecular weight excluding hydrogens is 374 g/mol. The number of amides is 3. The number of imide groups is 1. The minimum absolute atomic E-state index is 0.206. The van der Waals surface area contributed by atoms with E-state index in [1.165, 1.54) is 11.3 Å². The maximum Gasteiger partial charge on any atom is 0.279 e. The van der Waals surface area contributed by atoms with Crippen LogP contribution in [0.1, 0.15) is 34.3 Å². The van der Waals surface area contributed by atoms with Crippen molar-refractivity contribution >= 4 is 45.0 Å². The Hall–Kier alpha value is -3.06. The lowest BCUT2D eigenvalue weighted by Gasteiger charge is -2.14. The van der Waals surface area contributed by atoms with E-state index in [1.54, 1.807) is 24.3 Å². The van der Waals surface area contributed by atoms with Crippen molar-refractivity contribution in [3.05, 3.63) is 57.9 Å². The molecule has 1 fully saturated rings. The molecule has 0 N–H and O–H groups in total. The van der Waals surface area contributed by atoms with Gasteiger partial charge in [-0.05, 0) is 49.2 Å². The lowest BCUT2D eigenvalue weighted by atomic mass is 10.1. The van der Waals surface area contributed by atoms with E-state index in [0.717, 1.165) is 26.2 Å². The number of hydrogen-bond acceptors (Lipinski definition) is 4. The van der Waals surface area contributed by atoms with Gasteiger partial charge in [-0.15, -0.1) is 0 Å². The Morgan fingerprint density at radius 2 is 1.79 bits per heavy atom. The lowest BCUT2D eigenvalue weighted by Crippen LogP contribution is -2.28. The van der Waals surface area contributed by atoms with E-state index in [0.29, 0.717) is 16.1 Å². The second-order valence-corrected chi connectivity index (χ2v) is 7.94. The van der Waals surface area contributed by atoms with Gasteiger partial charge in [0.15, 0.2) is 4.80 Å². The third kappa shape index (κ3) is 3.07. The van der Waals surface area contributed by atoms with E-state index >= 15 is 0 Å². The van der Waals surface area contributed by atoms with Gasteiger partial charge in [0.2, 0.25) is 11.8 Å². The number of aryl methyl sites for hydroxylation is 3. The van der Waals surface area contributed by atoms with E-state index in [4.69, 9.17) is 0 Å². The first-order valence-electron chi connectivity index (χ1n) is 8.97. The smallest absolute Gasteiger partial charge is 0.279 e. The lowest BCUT2D eigenvalue weighted by molar-refractivity contribution is -0.121. The van der Waals surface area contributed by atoms with Crippen molar-refractivity contribution in [1.29, 1.82) is 0 Å². The highest BCUT2D eigenvalue weighted by Gasteiger charge is 2.30. The molecule has 0 spiro atoms. The Labute approximate surface area is 165 Å². The number of hydrogen-bond donors (Lipinski definition) is 0. The van der Waals surface area contributed by atoms with Crippen molar-refractivity contribution in [2.75, 3.05) is 4.90 Å². The van der Waals surface area contributed by atoms with E-state index in [-0.39, 0.29) is 24.7 Å². The van der Waals surface area contributed by atoms with Crippen LogP contribution >= 0.6 is 11.3 Å². The number of fused-ring (bicyclic) bond motifs is 1. The second-order valence-electron chi connectivity index (χ2n) is 6.96. The molecule has 4 rings (SSSR count). The molecule has 28 heavy (non-hydrogen) atoms. The first-order valence-corrected chi connectivity index (χ1v) is 9.78. The third-order valence-electron chi connectivity index (χ3n) is 4.84. The van der Waals surface area contributed by atoms with Crippen LogP contribution in [-0.2, 0) is 16.6 Å². The second kappa shape index (κ2) is 6.83. The Balaban J connectivity index is 1.75. The first-order chi connectivity index (χ1) is 13.3. The van der Waals surface area contributed by atoms with Crippen LogP contribution in [0.5, 0.6) is 0 Å². The molecule has 7 heteroatoms. The van der Waals surface area contributed by atoms with Crippen LogP contribution < -0.4 is 9.70 Å². The maximum atomic E-state index is 12.8. The van der Waals surface area contributed by atoms with Gasteiger partial charge in [0, 0.05) is 25.5 Å². The normalized spacial score (nSPS) is 15.1. The number of carbonyl (C=O) groups excluding carboxylic acids is 3.